The molecule has 1 rings (SSSR count). The molecule has 0 aliphatic carbocycles. The molecule has 0 aromatic rings. The lowest BCUT2D eigenvalue weighted by molar-refractivity contribution is -0.161. The smallest absolute Gasteiger partial charge is 0.264 e. The summed E-state index contributed by atoms with van der Waals surface area (Å²) in [5.74, 6) is -0.943. The van der Waals surface area contributed by atoms with Gasteiger partial charge in [0.1, 0.15) is 24.4 Å². The molecule has 0 amide bonds. The maximum Gasteiger partial charge on any atom is 0.264 e. The molecule has 10 heteroatoms. The van der Waals surface area contributed by atoms with Crippen molar-refractivity contribution in [2.24, 2.45) is 0 Å². The molecule has 0 saturated carbocycles. The number of unbranched alkanes of at least 4 members (excludes halogenated alkanes) is 8. The maximum absolute atomic E-state index is 12.3. The van der Waals surface area contributed by atoms with Crippen molar-refractivity contribution >= 4 is 26.8 Å². The molecule has 7 nitrogen and oxygen atoms in total. The van der Waals surface area contributed by atoms with Crippen LogP contribution in [-0.4, -0.2) is 67.6 Å². The first-order valence-corrected chi connectivity index (χ1v) is 25.3. The number of ether oxygens (including phenoxy) is 2. The van der Waals surface area contributed by atoms with Crippen LogP contribution in [-0.2, 0) is 32.6 Å². The highest BCUT2D eigenvalue weighted by Crippen LogP contribution is 2.44. The lowest BCUT2D eigenvalue weighted by Crippen LogP contribution is -2.58. The van der Waals surface area contributed by atoms with Crippen LogP contribution in [0.2, 0.25) is 36.3 Å². The average Bonchev–Trinajstić information content (AvgIpc) is 3.19. The quantitative estimate of drug-likeness (QED) is 0.0544. The Morgan fingerprint density at radius 3 is 1.71 bits per heavy atom. The van der Waals surface area contributed by atoms with E-state index in [1.807, 2.05) is 20.8 Å². The molecule has 5 atom stereocenters. The molecule has 0 aromatic heterocycles. The van der Waals surface area contributed by atoms with E-state index in [9.17, 15) is 8.42 Å². The molecule has 268 valence electrons. The predicted molar refractivity (Wildman–Crippen MR) is 194 cm³/mol. The third-order valence-electron chi connectivity index (χ3n) is 9.90. The molecular formula is C35H72O7SSi2. The first kappa shape index (κ1) is 42.9. The van der Waals surface area contributed by atoms with Crippen molar-refractivity contribution in [1.29, 1.82) is 0 Å². The van der Waals surface area contributed by atoms with Crippen LogP contribution in [0.1, 0.15) is 133 Å². The second-order valence-electron chi connectivity index (χ2n) is 16.7. The van der Waals surface area contributed by atoms with E-state index in [0.29, 0.717) is 6.42 Å². The Kier molecular flexibility index (Phi) is 16.7. The van der Waals surface area contributed by atoms with Crippen molar-refractivity contribution in [3.63, 3.8) is 0 Å². The van der Waals surface area contributed by atoms with Crippen molar-refractivity contribution in [1.82, 2.24) is 0 Å². The molecule has 1 aliphatic rings. The minimum Gasteiger partial charge on any atom is -0.408 e. The third kappa shape index (κ3) is 14.5. The fourth-order valence-electron chi connectivity index (χ4n) is 5.14. The molecule has 0 aromatic carbocycles. The van der Waals surface area contributed by atoms with Crippen LogP contribution in [0.25, 0.3) is 0 Å². The molecule has 0 N–H and O–H groups in total. The number of allylic oxidation sites excluding steroid dienone is 1. The van der Waals surface area contributed by atoms with Gasteiger partial charge in [-0.2, -0.15) is 8.42 Å². The number of hydrogen-bond acceptors (Lipinski definition) is 7. The highest BCUT2D eigenvalue weighted by atomic mass is 32.2. The zero-order valence-corrected chi connectivity index (χ0v) is 34.7. The first-order valence-electron chi connectivity index (χ1n) is 17.6. The van der Waals surface area contributed by atoms with Gasteiger partial charge in [0.05, 0.1) is 12.4 Å². The SMILES string of the molecule is CCCCCCCCCCC=C[C@H](O[Si](C)(C)C(C)(C)C)[C@H](O[Si](C)(C)C(C)(C)C)[C@H]1OC(C)(C)O[C@H]1[C@@H](CC)OS(C)(=O)=O. The fourth-order valence-corrected chi connectivity index (χ4v) is 8.38. The van der Waals surface area contributed by atoms with Crippen LogP contribution < -0.4 is 0 Å². The maximum atomic E-state index is 12.3. The Labute approximate surface area is 281 Å². The highest BCUT2D eigenvalue weighted by molar-refractivity contribution is 7.86. The Hall–Kier alpha value is -0.0762. The van der Waals surface area contributed by atoms with E-state index in [1.54, 1.807) is 0 Å². The summed E-state index contributed by atoms with van der Waals surface area (Å²) in [5.41, 5.74) is 0. The van der Waals surface area contributed by atoms with Gasteiger partial charge in [0.15, 0.2) is 22.4 Å². The van der Waals surface area contributed by atoms with Crippen molar-refractivity contribution in [3.8, 4) is 0 Å². The van der Waals surface area contributed by atoms with Gasteiger partial charge in [-0.25, -0.2) is 0 Å². The van der Waals surface area contributed by atoms with Gasteiger partial charge in [-0.3, -0.25) is 4.18 Å². The van der Waals surface area contributed by atoms with Gasteiger partial charge in [0.2, 0.25) is 0 Å². The molecule has 0 radical (unpaired) electrons. The monoisotopic (exact) mass is 692 g/mol. The van der Waals surface area contributed by atoms with Gasteiger partial charge >= 0.3 is 0 Å². The van der Waals surface area contributed by atoms with Crippen LogP contribution in [0.5, 0.6) is 0 Å². The summed E-state index contributed by atoms with van der Waals surface area (Å²) in [7, 11) is -8.35. The van der Waals surface area contributed by atoms with Crippen molar-refractivity contribution in [2.75, 3.05) is 6.26 Å². The van der Waals surface area contributed by atoms with Crippen LogP contribution in [0.15, 0.2) is 12.2 Å². The summed E-state index contributed by atoms with van der Waals surface area (Å²) in [4.78, 5) is 0. The zero-order valence-electron chi connectivity index (χ0n) is 31.9. The molecule has 0 unspecified atom stereocenters. The number of hydrogen-bond donors (Lipinski definition) is 0. The van der Waals surface area contributed by atoms with Crippen LogP contribution in [0.4, 0.5) is 0 Å². The molecule has 1 aliphatic heterocycles. The van der Waals surface area contributed by atoms with E-state index >= 15 is 0 Å². The van der Waals surface area contributed by atoms with Gasteiger partial charge in [0.25, 0.3) is 10.1 Å². The van der Waals surface area contributed by atoms with Gasteiger partial charge in [-0.15, -0.1) is 0 Å². The Morgan fingerprint density at radius 2 is 1.24 bits per heavy atom. The van der Waals surface area contributed by atoms with E-state index < -0.39 is 63.1 Å². The zero-order chi connectivity index (χ0) is 34.9. The van der Waals surface area contributed by atoms with Crippen LogP contribution in [0, 0.1) is 0 Å². The molecule has 1 saturated heterocycles. The van der Waals surface area contributed by atoms with Gasteiger partial charge in [-0.05, 0) is 69.4 Å². The molecule has 45 heavy (non-hydrogen) atoms. The Morgan fingerprint density at radius 1 is 0.778 bits per heavy atom. The van der Waals surface area contributed by atoms with E-state index in [1.165, 1.54) is 44.9 Å². The van der Waals surface area contributed by atoms with Gasteiger partial charge in [-0.1, -0.05) is 112 Å². The molecule has 0 spiro atoms. The lowest BCUT2D eigenvalue weighted by Gasteiger charge is -2.46. The summed E-state index contributed by atoms with van der Waals surface area (Å²) < 4.78 is 57.9. The Bertz CT molecular complexity index is 996. The first-order chi connectivity index (χ1) is 20.4. The average molecular weight is 693 g/mol. The summed E-state index contributed by atoms with van der Waals surface area (Å²) in [6.45, 7) is 30.4. The van der Waals surface area contributed by atoms with E-state index in [-0.39, 0.29) is 10.1 Å². The highest BCUT2D eigenvalue weighted by Gasteiger charge is 2.54. The van der Waals surface area contributed by atoms with Crippen LogP contribution in [0.3, 0.4) is 0 Å². The number of rotatable bonds is 20. The van der Waals surface area contributed by atoms with Crippen molar-refractivity contribution in [3.05, 3.63) is 12.2 Å². The second-order valence-corrected chi connectivity index (χ2v) is 27.8. The van der Waals surface area contributed by atoms with E-state index in [2.05, 4.69) is 86.8 Å². The molecule has 1 fully saturated rings. The van der Waals surface area contributed by atoms with Crippen molar-refractivity contribution < 1.29 is 30.9 Å². The predicted octanol–water partition coefficient (Wildman–Crippen LogP) is 10.1. The summed E-state index contributed by atoms with van der Waals surface area (Å²) >= 11 is 0. The normalized spacial score (nSPS) is 22.2. The minimum absolute atomic E-state index is 0.0184. The molecule has 1 heterocycles. The van der Waals surface area contributed by atoms with Gasteiger partial charge < -0.3 is 18.3 Å². The van der Waals surface area contributed by atoms with Crippen molar-refractivity contribution in [2.45, 2.75) is 206 Å². The lowest BCUT2D eigenvalue weighted by atomic mass is 9.97. The summed E-state index contributed by atoms with van der Waals surface area (Å²) in [6.07, 6.45) is 14.4. The largest absolute Gasteiger partial charge is 0.408 e. The van der Waals surface area contributed by atoms with E-state index in [4.69, 9.17) is 22.5 Å². The van der Waals surface area contributed by atoms with E-state index in [0.717, 1.165) is 19.1 Å². The summed E-state index contributed by atoms with van der Waals surface area (Å²) in [5, 5.41) is -0.0824. The minimum atomic E-state index is -3.72. The Balaban J connectivity index is 3.54. The topological polar surface area (TPSA) is 80.3 Å². The fraction of sp³-hybridized carbons (Fsp3) is 0.943. The third-order valence-corrected chi connectivity index (χ3v) is 19.4. The molecule has 0 bridgehead atoms. The van der Waals surface area contributed by atoms with Gasteiger partial charge in [0, 0.05) is 0 Å². The standard InChI is InChI=1S/C35H72O7SSi2/c1-16-18-19-20-21-22-23-24-25-26-27-29(41-44(12,13)33(3,4)5)31(42-45(14,15)34(6,7)8)32-30(38-35(9,10)39-32)28(17-2)40-43(11,36)37/h26-32H,16-25H2,1-15H3/t28-,29+,30+,31+,32+/m1/s1. The van der Waals surface area contributed by atoms with Crippen LogP contribution >= 0.6 is 0 Å². The molecular weight excluding hydrogens is 621 g/mol. The summed E-state index contributed by atoms with van der Waals surface area (Å²) in [6, 6.07) is 0. The second kappa shape index (κ2) is 17.5.